The van der Waals surface area contributed by atoms with Crippen molar-refractivity contribution in [3.63, 3.8) is 0 Å². The van der Waals surface area contributed by atoms with Crippen LogP contribution in [-0.4, -0.2) is 30.6 Å². The number of halogens is 1. The van der Waals surface area contributed by atoms with Crippen LogP contribution in [0.1, 0.15) is 49.7 Å². The molecule has 0 spiro atoms. The molecule has 1 unspecified atom stereocenters. The lowest BCUT2D eigenvalue weighted by Gasteiger charge is -2.49. The molecule has 3 heteroatoms. The van der Waals surface area contributed by atoms with Gasteiger partial charge in [0.1, 0.15) is 5.82 Å². The number of ether oxygens (including phenoxy) is 1. The van der Waals surface area contributed by atoms with Crippen LogP contribution in [0, 0.1) is 5.82 Å². The third kappa shape index (κ3) is 4.16. The topological polar surface area (TPSA) is 12.5 Å². The molecule has 2 nitrogen and oxygen atoms in total. The molecule has 0 heterocycles. The molecule has 1 aliphatic carbocycles. The molecule has 1 atom stereocenters. The van der Waals surface area contributed by atoms with Gasteiger partial charge in [-0.1, -0.05) is 49.4 Å². The van der Waals surface area contributed by atoms with Gasteiger partial charge in [-0.15, -0.1) is 0 Å². The Bertz CT molecular complexity index is 692. The fraction of sp³-hybridized carbons (Fsp3) is 0.478. The standard InChI is InChI=1S/C23H30FNO/c1-18(20-9-5-4-6-10-20)23(25(2)3)14-12-22(13-15-23)26-17-19-8-7-11-21(24)16-19/h4-11,16,18,22H,12-15,17H2,1-3H3. The highest BCUT2D eigenvalue weighted by molar-refractivity contribution is 5.24. The minimum Gasteiger partial charge on any atom is -0.374 e. The lowest BCUT2D eigenvalue weighted by atomic mass is 9.69. The van der Waals surface area contributed by atoms with Gasteiger partial charge in [0.2, 0.25) is 0 Å². The Labute approximate surface area is 157 Å². The Morgan fingerprint density at radius 3 is 2.38 bits per heavy atom. The van der Waals surface area contributed by atoms with Crippen LogP contribution in [0.25, 0.3) is 0 Å². The van der Waals surface area contributed by atoms with Gasteiger partial charge in [0.15, 0.2) is 0 Å². The Morgan fingerprint density at radius 1 is 1.08 bits per heavy atom. The third-order valence-electron chi connectivity index (χ3n) is 6.17. The van der Waals surface area contributed by atoms with Crippen molar-refractivity contribution < 1.29 is 9.13 Å². The van der Waals surface area contributed by atoms with Crippen LogP contribution in [0.2, 0.25) is 0 Å². The molecule has 1 fully saturated rings. The average molecular weight is 355 g/mol. The molecule has 1 saturated carbocycles. The molecule has 3 rings (SSSR count). The van der Waals surface area contributed by atoms with Crippen molar-refractivity contribution >= 4 is 0 Å². The van der Waals surface area contributed by atoms with Crippen molar-refractivity contribution in [3.05, 3.63) is 71.5 Å². The van der Waals surface area contributed by atoms with Crippen molar-refractivity contribution in [1.82, 2.24) is 4.90 Å². The van der Waals surface area contributed by atoms with Crippen molar-refractivity contribution in [2.24, 2.45) is 0 Å². The summed E-state index contributed by atoms with van der Waals surface area (Å²) in [4.78, 5) is 2.41. The molecule has 0 radical (unpaired) electrons. The number of likely N-dealkylation sites (N-methyl/N-ethyl adjacent to an activating group) is 1. The Kier molecular flexibility index (Phi) is 6.10. The zero-order chi connectivity index (χ0) is 18.6. The van der Waals surface area contributed by atoms with Crippen molar-refractivity contribution in [2.75, 3.05) is 14.1 Å². The molecular formula is C23H30FNO. The fourth-order valence-corrected chi connectivity index (χ4v) is 4.42. The number of hydrogen-bond acceptors (Lipinski definition) is 2. The van der Waals surface area contributed by atoms with Gasteiger partial charge < -0.3 is 9.64 Å². The lowest BCUT2D eigenvalue weighted by molar-refractivity contribution is -0.0300. The van der Waals surface area contributed by atoms with Crippen LogP contribution in [-0.2, 0) is 11.3 Å². The minimum atomic E-state index is -0.196. The van der Waals surface area contributed by atoms with Gasteiger partial charge in [-0.25, -0.2) is 4.39 Å². The van der Waals surface area contributed by atoms with Crippen LogP contribution in [0.5, 0.6) is 0 Å². The smallest absolute Gasteiger partial charge is 0.123 e. The van der Waals surface area contributed by atoms with Gasteiger partial charge in [0.05, 0.1) is 12.7 Å². The van der Waals surface area contributed by atoms with Crippen molar-refractivity contribution in [2.45, 2.75) is 56.8 Å². The second kappa shape index (κ2) is 8.32. The van der Waals surface area contributed by atoms with E-state index >= 15 is 0 Å². The minimum absolute atomic E-state index is 0.167. The van der Waals surface area contributed by atoms with Crippen LogP contribution in [0.15, 0.2) is 54.6 Å². The second-order valence-corrected chi connectivity index (χ2v) is 7.77. The summed E-state index contributed by atoms with van der Waals surface area (Å²) in [6, 6.07) is 17.5. The van der Waals surface area contributed by atoms with Gasteiger partial charge in [-0.2, -0.15) is 0 Å². The summed E-state index contributed by atoms with van der Waals surface area (Å²) in [5.41, 5.74) is 2.48. The van der Waals surface area contributed by atoms with Crippen molar-refractivity contribution in [3.8, 4) is 0 Å². The predicted molar refractivity (Wildman–Crippen MR) is 105 cm³/mol. The normalized spacial score (nSPS) is 24.6. The zero-order valence-electron chi connectivity index (χ0n) is 16.1. The summed E-state index contributed by atoms with van der Waals surface area (Å²) >= 11 is 0. The van der Waals surface area contributed by atoms with E-state index in [-0.39, 0.29) is 17.5 Å². The first-order chi connectivity index (χ1) is 12.5. The Hall–Kier alpha value is -1.71. The first-order valence-electron chi connectivity index (χ1n) is 9.60. The van der Waals surface area contributed by atoms with Crippen molar-refractivity contribution in [1.29, 1.82) is 0 Å². The number of hydrogen-bond donors (Lipinski definition) is 0. The highest BCUT2D eigenvalue weighted by Gasteiger charge is 2.42. The average Bonchev–Trinajstić information content (AvgIpc) is 2.67. The lowest BCUT2D eigenvalue weighted by Crippen LogP contribution is -2.51. The molecule has 140 valence electrons. The molecule has 26 heavy (non-hydrogen) atoms. The van der Waals surface area contributed by atoms with E-state index in [1.807, 2.05) is 6.07 Å². The quantitative estimate of drug-likeness (QED) is 0.689. The summed E-state index contributed by atoms with van der Waals surface area (Å²) in [6.45, 7) is 2.84. The van der Waals surface area contributed by atoms with Gasteiger partial charge in [0.25, 0.3) is 0 Å². The van der Waals surface area contributed by atoms with E-state index < -0.39 is 0 Å². The van der Waals surface area contributed by atoms with Gasteiger partial charge >= 0.3 is 0 Å². The largest absolute Gasteiger partial charge is 0.374 e. The maximum absolute atomic E-state index is 13.3. The summed E-state index contributed by atoms with van der Waals surface area (Å²) in [5, 5.41) is 0. The van der Waals surface area contributed by atoms with E-state index in [4.69, 9.17) is 4.74 Å². The predicted octanol–water partition coefficient (Wildman–Crippen LogP) is 5.39. The van der Waals surface area contributed by atoms with E-state index in [2.05, 4.69) is 56.3 Å². The summed E-state index contributed by atoms with van der Waals surface area (Å²) in [5.74, 6) is 0.279. The summed E-state index contributed by atoms with van der Waals surface area (Å²) in [7, 11) is 4.40. The van der Waals surface area contributed by atoms with E-state index in [1.165, 1.54) is 11.6 Å². The molecule has 2 aromatic rings. The van der Waals surface area contributed by atoms with Crippen LogP contribution >= 0.6 is 0 Å². The van der Waals surface area contributed by atoms with Crippen LogP contribution < -0.4 is 0 Å². The third-order valence-corrected chi connectivity index (χ3v) is 6.17. The highest BCUT2D eigenvalue weighted by Crippen LogP contribution is 2.43. The van der Waals surface area contributed by atoms with Gasteiger partial charge in [-0.3, -0.25) is 0 Å². The van der Waals surface area contributed by atoms with Crippen LogP contribution in [0.3, 0.4) is 0 Å². The summed E-state index contributed by atoms with van der Waals surface area (Å²) < 4.78 is 19.4. The Balaban J connectivity index is 1.62. The van der Waals surface area contributed by atoms with Gasteiger partial charge in [0, 0.05) is 5.54 Å². The molecular weight excluding hydrogens is 325 g/mol. The number of nitrogens with zero attached hydrogens (tertiary/aromatic N) is 1. The molecule has 2 aromatic carbocycles. The first kappa shape index (κ1) is 19.1. The molecule has 1 aliphatic rings. The summed E-state index contributed by atoms with van der Waals surface area (Å²) in [6.07, 6.45) is 4.58. The van der Waals surface area contributed by atoms with E-state index in [0.29, 0.717) is 12.5 Å². The SMILES string of the molecule is CC(c1ccccc1)C1(N(C)C)CCC(OCc2cccc(F)c2)CC1. The highest BCUT2D eigenvalue weighted by atomic mass is 19.1. The maximum atomic E-state index is 13.3. The molecule has 0 saturated heterocycles. The maximum Gasteiger partial charge on any atom is 0.123 e. The molecule has 0 aromatic heterocycles. The molecule has 0 N–H and O–H groups in total. The Morgan fingerprint density at radius 2 is 1.77 bits per heavy atom. The van der Waals surface area contributed by atoms with E-state index in [0.717, 1.165) is 31.2 Å². The molecule has 0 bridgehead atoms. The monoisotopic (exact) mass is 355 g/mol. The van der Waals surface area contributed by atoms with Gasteiger partial charge in [-0.05, 0) is 69.0 Å². The first-order valence-corrected chi connectivity index (χ1v) is 9.60. The van der Waals surface area contributed by atoms with E-state index in [1.54, 1.807) is 12.1 Å². The number of rotatable bonds is 6. The zero-order valence-corrected chi connectivity index (χ0v) is 16.1. The second-order valence-electron chi connectivity index (χ2n) is 7.77. The number of benzene rings is 2. The van der Waals surface area contributed by atoms with E-state index in [9.17, 15) is 4.39 Å². The molecule has 0 amide bonds. The molecule has 0 aliphatic heterocycles. The fourth-order valence-electron chi connectivity index (χ4n) is 4.42. The van der Waals surface area contributed by atoms with Crippen LogP contribution in [0.4, 0.5) is 4.39 Å².